The third kappa shape index (κ3) is 2.92. The minimum atomic E-state index is -0.322. The minimum Gasteiger partial charge on any atom is -0.354 e. The van der Waals surface area contributed by atoms with E-state index in [4.69, 9.17) is 0 Å². The third-order valence-corrected chi connectivity index (χ3v) is 5.12. The number of rotatable bonds is 2. The Balaban J connectivity index is 1.71. The second kappa shape index (κ2) is 6.22. The summed E-state index contributed by atoms with van der Waals surface area (Å²) in [6.07, 6.45) is 4.35. The zero-order valence-corrected chi connectivity index (χ0v) is 13.8. The van der Waals surface area contributed by atoms with Crippen molar-refractivity contribution in [1.29, 1.82) is 0 Å². The summed E-state index contributed by atoms with van der Waals surface area (Å²) in [6.45, 7) is 2.61. The average molecular weight is 320 g/mol. The molecule has 126 valence electrons. The van der Waals surface area contributed by atoms with Crippen molar-refractivity contribution in [3.05, 3.63) is 26.9 Å². The van der Waals surface area contributed by atoms with Crippen LogP contribution in [0, 0.1) is 5.92 Å². The van der Waals surface area contributed by atoms with Gasteiger partial charge in [-0.1, -0.05) is 12.8 Å². The fourth-order valence-electron chi connectivity index (χ4n) is 3.61. The van der Waals surface area contributed by atoms with Gasteiger partial charge in [-0.05, 0) is 12.8 Å². The SMILES string of the molecule is Cn1c(N2CCN(C(=O)C3CCCC3)CC2)cc(=O)n(C)c1=O. The smallest absolute Gasteiger partial charge is 0.332 e. The molecule has 0 unspecified atom stereocenters. The molecule has 0 spiro atoms. The van der Waals surface area contributed by atoms with Crippen LogP contribution in [0.5, 0.6) is 0 Å². The molecule has 23 heavy (non-hydrogen) atoms. The van der Waals surface area contributed by atoms with Crippen LogP contribution >= 0.6 is 0 Å². The van der Waals surface area contributed by atoms with Crippen LogP contribution < -0.4 is 16.1 Å². The summed E-state index contributed by atoms with van der Waals surface area (Å²) in [5.41, 5.74) is -0.621. The summed E-state index contributed by atoms with van der Waals surface area (Å²) in [5.74, 6) is 1.11. The number of hydrogen-bond donors (Lipinski definition) is 0. The Kier molecular flexibility index (Phi) is 4.28. The van der Waals surface area contributed by atoms with Crippen LogP contribution in [0.2, 0.25) is 0 Å². The zero-order valence-electron chi connectivity index (χ0n) is 13.8. The van der Waals surface area contributed by atoms with Gasteiger partial charge in [-0.3, -0.25) is 18.7 Å². The Morgan fingerprint density at radius 2 is 1.61 bits per heavy atom. The second-order valence-corrected chi connectivity index (χ2v) is 6.54. The molecule has 3 rings (SSSR count). The summed E-state index contributed by atoms with van der Waals surface area (Å²) in [4.78, 5) is 40.3. The van der Waals surface area contributed by atoms with Crippen molar-refractivity contribution < 1.29 is 4.79 Å². The molecule has 0 N–H and O–H groups in total. The molecule has 0 aromatic carbocycles. The van der Waals surface area contributed by atoms with Gasteiger partial charge in [-0.25, -0.2) is 4.79 Å². The van der Waals surface area contributed by atoms with Crippen molar-refractivity contribution >= 4 is 11.7 Å². The largest absolute Gasteiger partial charge is 0.354 e. The third-order valence-electron chi connectivity index (χ3n) is 5.12. The van der Waals surface area contributed by atoms with E-state index in [1.807, 2.05) is 9.80 Å². The number of amides is 1. The van der Waals surface area contributed by atoms with Gasteiger partial charge in [-0.2, -0.15) is 0 Å². The van der Waals surface area contributed by atoms with Crippen molar-refractivity contribution in [3.8, 4) is 0 Å². The van der Waals surface area contributed by atoms with Gasteiger partial charge in [0.2, 0.25) is 5.91 Å². The Morgan fingerprint density at radius 3 is 2.22 bits per heavy atom. The second-order valence-electron chi connectivity index (χ2n) is 6.54. The van der Waals surface area contributed by atoms with Gasteiger partial charge in [0.15, 0.2) is 0 Å². The van der Waals surface area contributed by atoms with Gasteiger partial charge in [-0.15, -0.1) is 0 Å². The quantitative estimate of drug-likeness (QED) is 0.765. The predicted octanol–water partition coefficient (Wildman–Crippen LogP) is -0.0772. The van der Waals surface area contributed by atoms with Gasteiger partial charge in [0.05, 0.1) is 0 Å². The lowest BCUT2D eigenvalue weighted by Crippen LogP contribution is -2.52. The van der Waals surface area contributed by atoms with E-state index in [2.05, 4.69) is 0 Å². The molecule has 1 amide bonds. The summed E-state index contributed by atoms with van der Waals surface area (Å²) in [6, 6.07) is 1.50. The first kappa shape index (κ1) is 15.8. The summed E-state index contributed by atoms with van der Waals surface area (Å²) < 4.78 is 2.60. The molecule has 1 aliphatic carbocycles. The predicted molar refractivity (Wildman–Crippen MR) is 87.7 cm³/mol. The Labute approximate surface area is 135 Å². The molecule has 2 fully saturated rings. The molecule has 1 aliphatic heterocycles. The van der Waals surface area contributed by atoms with E-state index < -0.39 is 0 Å². The number of nitrogens with zero attached hydrogens (tertiary/aromatic N) is 4. The zero-order chi connectivity index (χ0) is 16.6. The molecule has 1 aromatic heterocycles. The lowest BCUT2D eigenvalue weighted by molar-refractivity contribution is -0.135. The number of piperazine rings is 1. The van der Waals surface area contributed by atoms with E-state index >= 15 is 0 Å². The summed E-state index contributed by atoms with van der Waals surface area (Å²) in [7, 11) is 3.15. The van der Waals surface area contributed by atoms with Crippen molar-refractivity contribution in [1.82, 2.24) is 14.0 Å². The molecule has 1 aromatic rings. The van der Waals surface area contributed by atoms with Crippen LogP contribution in [-0.4, -0.2) is 46.1 Å². The highest BCUT2D eigenvalue weighted by Gasteiger charge is 2.30. The first-order valence-corrected chi connectivity index (χ1v) is 8.30. The van der Waals surface area contributed by atoms with E-state index in [1.165, 1.54) is 17.7 Å². The van der Waals surface area contributed by atoms with Crippen LogP contribution in [0.25, 0.3) is 0 Å². The summed E-state index contributed by atoms with van der Waals surface area (Å²) in [5, 5.41) is 0. The molecular weight excluding hydrogens is 296 g/mol. The van der Waals surface area contributed by atoms with Crippen molar-refractivity contribution in [2.45, 2.75) is 25.7 Å². The van der Waals surface area contributed by atoms with Gasteiger partial charge in [0, 0.05) is 52.3 Å². The highest BCUT2D eigenvalue weighted by Crippen LogP contribution is 2.27. The van der Waals surface area contributed by atoms with Crippen LogP contribution in [-0.2, 0) is 18.9 Å². The fraction of sp³-hybridized carbons (Fsp3) is 0.688. The lowest BCUT2D eigenvalue weighted by atomic mass is 10.1. The van der Waals surface area contributed by atoms with Crippen LogP contribution in [0.1, 0.15) is 25.7 Å². The molecule has 0 atom stereocenters. The monoisotopic (exact) mass is 320 g/mol. The normalized spacial score (nSPS) is 19.4. The van der Waals surface area contributed by atoms with Gasteiger partial charge in [0.1, 0.15) is 5.82 Å². The van der Waals surface area contributed by atoms with Gasteiger partial charge >= 0.3 is 5.69 Å². The summed E-state index contributed by atoms with van der Waals surface area (Å²) >= 11 is 0. The van der Waals surface area contributed by atoms with Gasteiger partial charge < -0.3 is 9.80 Å². The lowest BCUT2D eigenvalue weighted by Gasteiger charge is -2.37. The Bertz CT molecular complexity index is 707. The number of carbonyl (C=O) groups excluding carboxylic acids is 1. The van der Waals surface area contributed by atoms with E-state index in [9.17, 15) is 14.4 Å². The molecule has 2 aliphatic rings. The van der Waals surface area contributed by atoms with E-state index in [0.29, 0.717) is 32.0 Å². The standard InChI is InChI=1S/C16H24N4O3/c1-17-13(11-14(21)18(2)16(17)23)19-7-9-20(10-8-19)15(22)12-5-3-4-6-12/h11-12H,3-10H2,1-2H3. The van der Waals surface area contributed by atoms with E-state index in [1.54, 1.807) is 7.05 Å². The number of anilines is 1. The highest BCUT2D eigenvalue weighted by molar-refractivity contribution is 5.79. The fourth-order valence-corrected chi connectivity index (χ4v) is 3.61. The highest BCUT2D eigenvalue weighted by atomic mass is 16.2. The maximum atomic E-state index is 12.5. The van der Waals surface area contributed by atoms with Crippen LogP contribution in [0.4, 0.5) is 5.82 Å². The van der Waals surface area contributed by atoms with Crippen LogP contribution in [0.3, 0.4) is 0 Å². The topological polar surface area (TPSA) is 67.5 Å². The number of hydrogen-bond acceptors (Lipinski definition) is 4. The van der Waals surface area contributed by atoms with Gasteiger partial charge in [0.25, 0.3) is 5.56 Å². The van der Waals surface area contributed by atoms with Crippen molar-refractivity contribution in [3.63, 3.8) is 0 Å². The minimum absolute atomic E-state index is 0.204. The maximum Gasteiger partial charge on any atom is 0.332 e. The number of aromatic nitrogens is 2. The Hall–Kier alpha value is -2.05. The van der Waals surface area contributed by atoms with Crippen molar-refractivity contribution in [2.75, 3.05) is 31.1 Å². The first-order valence-electron chi connectivity index (χ1n) is 8.30. The van der Waals surface area contributed by atoms with E-state index in [0.717, 1.165) is 30.3 Å². The maximum absolute atomic E-state index is 12.5. The average Bonchev–Trinajstić information content (AvgIpc) is 3.10. The first-order chi connectivity index (χ1) is 11.0. The van der Waals surface area contributed by atoms with E-state index in [-0.39, 0.29) is 23.1 Å². The van der Waals surface area contributed by atoms with Crippen LogP contribution in [0.15, 0.2) is 15.7 Å². The molecular formula is C16H24N4O3. The molecule has 0 bridgehead atoms. The van der Waals surface area contributed by atoms with Crippen molar-refractivity contribution in [2.24, 2.45) is 20.0 Å². The number of carbonyl (C=O) groups is 1. The molecule has 7 nitrogen and oxygen atoms in total. The Morgan fingerprint density at radius 1 is 1.00 bits per heavy atom. The molecule has 1 saturated carbocycles. The molecule has 0 radical (unpaired) electrons. The molecule has 2 heterocycles. The molecule has 7 heteroatoms. The molecule has 1 saturated heterocycles.